The molecule has 1 aliphatic carbocycles. The summed E-state index contributed by atoms with van der Waals surface area (Å²) >= 11 is 0. The maximum absolute atomic E-state index is 12.6. The Morgan fingerprint density at radius 1 is 1.18 bits per heavy atom. The Morgan fingerprint density at radius 3 is 2.64 bits per heavy atom. The van der Waals surface area contributed by atoms with Gasteiger partial charge < -0.3 is 15.0 Å². The van der Waals surface area contributed by atoms with Crippen molar-refractivity contribution in [2.45, 2.75) is 38.1 Å². The minimum atomic E-state index is -0.473. The highest BCUT2D eigenvalue weighted by molar-refractivity contribution is 5.68. The lowest BCUT2D eigenvalue weighted by molar-refractivity contribution is 0.280. The van der Waals surface area contributed by atoms with Gasteiger partial charge in [-0.2, -0.15) is 4.98 Å². The second kappa shape index (κ2) is 9.24. The van der Waals surface area contributed by atoms with Crippen molar-refractivity contribution in [1.82, 2.24) is 34.5 Å². The predicted molar refractivity (Wildman–Crippen MR) is 106 cm³/mol. The van der Waals surface area contributed by atoms with Crippen molar-refractivity contribution >= 4 is 11.2 Å². The van der Waals surface area contributed by atoms with Crippen LogP contribution in [0.15, 0.2) is 9.59 Å². The van der Waals surface area contributed by atoms with Crippen molar-refractivity contribution in [3.63, 3.8) is 0 Å². The largest absolute Gasteiger partial charge is 0.462 e. The molecule has 0 unspecified atom stereocenters. The summed E-state index contributed by atoms with van der Waals surface area (Å²) in [5.74, 6) is 0. The van der Waals surface area contributed by atoms with Gasteiger partial charge in [0.2, 0.25) is 0 Å². The molecule has 1 fully saturated rings. The Bertz CT molecular complexity index is 916. The van der Waals surface area contributed by atoms with Crippen LogP contribution in [0.2, 0.25) is 0 Å². The summed E-state index contributed by atoms with van der Waals surface area (Å²) in [7, 11) is 5.54. The molecule has 10 heteroatoms. The topological polar surface area (TPSA) is 107 Å². The van der Waals surface area contributed by atoms with Crippen LogP contribution >= 0.6 is 0 Å². The number of hydrogen-bond acceptors (Lipinski definition) is 8. The molecule has 2 heterocycles. The van der Waals surface area contributed by atoms with Crippen LogP contribution in [-0.4, -0.2) is 69.6 Å². The molecule has 1 N–H and O–H groups in total. The van der Waals surface area contributed by atoms with E-state index in [2.05, 4.69) is 25.4 Å². The zero-order valence-corrected chi connectivity index (χ0v) is 16.8. The molecular weight excluding hydrogens is 362 g/mol. The summed E-state index contributed by atoms with van der Waals surface area (Å²) < 4.78 is 8.22. The lowest BCUT2D eigenvalue weighted by Gasteiger charge is -2.16. The molecule has 0 bridgehead atoms. The zero-order chi connectivity index (χ0) is 20.1. The molecule has 0 amide bonds. The maximum atomic E-state index is 12.6. The van der Waals surface area contributed by atoms with E-state index in [9.17, 15) is 9.59 Å². The Morgan fingerprint density at radius 2 is 1.93 bits per heavy atom. The van der Waals surface area contributed by atoms with Gasteiger partial charge in [-0.15, -0.1) is 5.10 Å². The molecule has 154 valence electrons. The average Bonchev–Trinajstić information content (AvgIpc) is 3.20. The molecule has 0 aromatic carbocycles. The zero-order valence-electron chi connectivity index (χ0n) is 16.8. The fraction of sp³-hybridized carbons (Fsp3) is 0.722. The van der Waals surface area contributed by atoms with E-state index < -0.39 is 5.56 Å². The number of nitrogens with zero attached hydrogens (tertiary/aromatic N) is 6. The van der Waals surface area contributed by atoms with Crippen LogP contribution in [0.25, 0.3) is 11.2 Å². The number of likely N-dealkylation sites (N-methyl/N-ethyl adjacent to an activating group) is 1. The third-order valence-electron chi connectivity index (χ3n) is 5.03. The Balaban J connectivity index is 1.71. The first-order chi connectivity index (χ1) is 13.5. The molecule has 2 aromatic heterocycles. The number of hydrogen-bond donors (Lipinski definition) is 1. The average molecular weight is 391 g/mol. The van der Waals surface area contributed by atoms with Crippen LogP contribution in [0.3, 0.4) is 0 Å². The van der Waals surface area contributed by atoms with Gasteiger partial charge in [0.05, 0.1) is 6.61 Å². The molecular formula is C18H29N7O3. The van der Waals surface area contributed by atoms with Crippen molar-refractivity contribution < 1.29 is 4.74 Å². The van der Waals surface area contributed by atoms with E-state index >= 15 is 0 Å². The van der Waals surface area contributed by atoms with Crippen molar-refractivity contribution in [2.75, 3.05) is 40.3 Å². The first-order valence-corrected chi connectivity index (χ1v) is 9.83. The van der Waals surface area contributed by atoms with Crippen molar-refractivity contribution in [2.24, 2.45) is 7.05 Å². The smallest absolute Gasteiger partial charge is 0.336 e. The third kappa shape index (κ3) is 4.56. The third-order valence-corrected chi connectivity index (χ3v) is 5.03. The van der Waals surface area contributed by atoms with Crippen LogP contribution in [0, 0.1) is 0 Å². The highest BCUT2D eigenvalue weighted by Crippen LogP contribution is 2.29. The fourth-order valence-electron chi connectivity index (χ4n) is 3.45. The number of ether oxygens (including phenoxy) is 1. The number of rotatable bonds is 9. The molecule has 0 aliphatic heterocycles. The molecule has 0 radical (unpaired) electrons. The highest BCUT2D eigenvalue weighted by atomic mass is 16.5. The van der Waals surface area contributed by atoms with Gasteiger partial charge in [-0.3, -0.25) is 13.9 Å². The van der Waals surface area contributed by atoms with E-state index in [4.69, 9.17) is 4.74 Å². The lowest BCUT2D eigenvalue weighted by Crippen LogP contribution is -2.40. The van der Waals surface area contributed by atoms with Gasteiger partial charge in [0.1, 0.15) is 0 Å². The van der Waals surface area contributed by atoms with Crippen molar-refractivity contribution in [3.8, 4) is 6.01 Å². The van der Waals surface area contributed by atoms with Crippen LogP contribution in [0.4, 0.5) is 0 Å². The summed E-state index contributed by atoms with van der Waals surface area (Å²) in [6, 6.07) is 0.104. The molecule has 0 saturated heterocycles. The van der Waals surface area contributed by atoms with Gasteiger partial charge in [-0.25, -0.2) is 4.79 Å². The summed E-state index contributed by atoms with van der Waals surface area (Å²) in [5.41, 5.74) is -0.460. The van der Waals surface area contributed by atoms with Crippen molar-refractivity contribution in [3.05, 3.63) is 20.8 Å². The molecule has 10 nitrogen and oxygen atoms in total. The molecule has 3 rings (SSSR count). The van der Waals surface area contributed by atoms with Gasteiger partial charge in [-0.05, 0) is 39.9 Å². The number of nitrogens with one attached hydrogen (secondary N) is 1. The Kier molecular flexibility index (Phi) is 6.74. The van der Waals surface area contributed by atoms with E-state index in [1.807, 2.05) is 14.1 Å². The maximum Gasteiger partial charge on any atom is 0.336 e. The Hall–Kier alpha value is -2.33. The van der Waals surface area contributed by atoms with Gasteiger partial charge in [0.15, 0.2) is 11.2 Å². The molecule has 2 aromatic rings. The number of aromatic nitrogens is 5. The normalized spacial score (nSPS) is 15.0. The number of fused-ring (bicyclic) bond motifs is 1. The second-order valence-corrected chi connectivity index (χ2v) is 7.48. The lowest BCUT2D eigenvalue weighted by atomic mass is 10.2. The van der Waals surface area contributed by atoms with E-state index in [1.165, 1.54) is 7.05 Å². The van der Waals surface area contributed by atoms with Gasteiger partial charge >= 0.3 is 11.7 Å². The van der Waals surface area contributed by atoms with Crippen LogP contribution < -0.4 is 21.3 Å². The molecule has 0 atom stereocenters. The van der Waals surface area contributed by atoms with Crippen molar-refractivity contribution in [1.29, 1.82) is 0 Å². The van der Waals surface area contributed by atoms with E-state index in [1.54, 1.807) is 4.57 Å². The van der Waals surface area contributed by atoms with Crippen LogP contribution in [0.5, 0.6) is 6.01 Å². The summed E-state index contributed by atoms with van der Waals surface area (Å²) in [4.78, 5) is 31.5. The van der Waals surface area contributed by atoms with Crippen LogP contribution in [-0.2, 0) is 7.05 Å². The van der Waals surface area contributed by atoms with Gasteiger partial charge in [0.25, 0.3) is 5.56 Å². The van der Waals surface area contributed by atoms with Crippen LogP contribution in [0.1, 0.15) is 38.1 Å². The monoisotopic (exact) mass is 391 g/mol. The standard InChI is InChI=1S/C18H29N7O3/c1-23(2)11-10-19-9-6-12-28-17-20-14-15(21-22-17)25(13-7-4-5-8-13)18(27)24(3)16(14)26/h13,19H,4-12H2,1-3H3. The second-order valence-electron chi connectivity index (χ2n) is 7.48. The SMILES string of the molecule is CN(C)CCNCCCOc1nnc2c(n1)c(=O)n(C)c(=O)n2C1CCCC1. The first-order valence-electron chi connectivity index (χ1n) is 9.83. The van der Waals surface area contributed by atoms with Gasteiger partial charge in [-0.1, -0.05) is 17.9 Å². The molecule has 28 heavy (non-hydrogen) atoms. The van der Waals surface area contributed by atoms with E-state index in [0.717, 1.165) is 56.3 Å². The summed E-state index contributed by atoms with van der Waals surface area (Å²) in [5, 5.41) is 11.4. The Labute approximate surface area is 163 Å². The fourth-order valence-corrected chi connectivity index (χ4v) is 3.45. The molecule has 0 spiro atoms. The minimum absolute atomic E-state index is 0.0397. The predicted octanol–water partition coefficient (Wildman–Crippen LogP) is -0.0796. The highest BCUT2D eigenvalue weighted by Gasteiger charge is 2.24. The van der Waals surface area contributed by atoms with E-state index in [-0.39, 0.29) is 28.9 Å². The summed E-state index contributed by atoms with van der Waals surface area (Å²) in [6.07, 6.45) is 4.70. The summed E-state index contributed by atoms with van der Waals surface area (Å²) in [6.45, 7) is 3.13. The van der Waals surface area contributed by atoms with Gasteiger partial charge in [0, 0.05) is 26.2 Å². The molecule has 1 aliphatic rings. The first kappa shape index (κ1) is 20.4. The quantitative estimate of drug-likeness (QED) is 0.592. The molecule has 1 saturated carbocycles. The minimum Gasteiger partial charge on any atom is -0.462 e. The van der Waals surface area contributed by atoms with E-state index in [0.29, 0.717) is 6.61 Å².